The van der Waals surface area contributed by atoms with Gasteiger partial charge >= 0.3 is 0 Å². The van der Waals surface area contributed by atoms with E-state index in [0.717, 1.165) is 19.8 Å². The molecule has 1 rings (SSSR count). The van der Waals surface area contributed by atoms with Gasteiger partial charge in [-0.15, -0.1) is 0 Å². The van der Waals surface area contributed by atoms with Crippen LogP contribution >= 0.6 is 0 Å². The highest BCUT2D eigenvalue weighted by molar-refractivity contribution is 4.86. The minimum atomic E-state index is 0.604. The third-order valence-electron chi connectivity index (χ3n) is 3.61. The molecule has 1 fully saturated rings. The average Bonchev–Trinajstić information content (AvgIpc) is 2.71. The summed E-state index contributed by atoms with van der Waals surface area (Å²) in [5.41, 5.74) is 0.604. The highest BCUT2D eigenvalue weighted by Crippen LogP contribution is 2.41. The molecule has 1 aliphatic rings. The van der Waals surface area contributed by atoms with Gasteiger partial charge in [-0.25, -0.2) is 0 Å². The second-order valence-electron chi connectivity index (χ2n) is 4.79. The smallest absolute Gasteiger partial charge is 0.0466 e. The van der Waals surface area contributed by atoms with E-state index in [1.54, 1.807) is 0 Å². The van der Waals surface area contributed by atoms with Crippen LogP contribution in [0.3, 0.4) is 0 Å². The summed E-state index contributed by atoms with van der Waals surface area (Å²) in [6, 6.07) is 0. The predicted molar refractivity (Wildman–Crippen MR) is 65.2 cm³/mol. The summed E-state index contributed by atoms with van der Waals surface area (Å²) in [5, 5.41) is 3.53. The quantitative estimate of drug-likeness (QED) is 0.626. The maximum atomic E-state index is 5.42. The molecule has 1 aliphatic carbocycles. The molecule has 0 radical (unpaired) electrons. The summed E-state index contributed by atoms with van der Waals surface area (Å²) in [5.74, 6) is 0. The van der Waals surface area contributed by atoms with E-state index in [-0.39, 0.29) is 0 Å². The molecule has 2 nitrogen and oxygen atoms in total. The summed E-state index contributed by atoms with van der Waals surface area (Å²) in [4.78, 5) is 0. The number of hydrogen-bond donors (Lipinski definition) is 1. The molecule has 0 aliphatic heterocycles. The first-order valence-electron chi connectivity index (χ1n) is 6.61. The zero-order valence-electron chi connectivity index (χ0n) is 10.5. The molecule has 0 aromatic heterocycles. The Kier molecular flexibility index (Phi) is 6.26. The van der Waals surface area contributed by atoms with E-state index in [9.17, 15) is 0 Å². The van der Waals surface area contributed by atoms with E-state index in [1.165, 1.54) is 45.1 Å². The number of nitrogens with one attached hydrogen (secondary N) is 1. The normalized spacial score (nSPS) is 19.6. The minimum absolute atomic E-state index is 0.604. The van der Waals surface area contributed by atoms with Gasteiger partial charge in [-0.1, -0.05) is 19.8 Å². The maximum Gasteiger partial charge on any atom is 0.0466 e. The monoisotopic (exact) mass is 213 g/mol. The van der Waals surface area contributed by atoms with Crippen LogP contribution in [0.2, 0.25) is 0 Å². The Morgan fingerprint density at radius 3 is 2.53 bits per heavy atom. The van der Waals surface area contributed by atoms with Crippen molar-refractivity contribution in [1.82, 2.24) is 5.32 Å². The molecule has 0 spiro atoms. The topological polar surface area (TPSA) is 21.3 Å². The van der Waals surface area contributed by atoms with Crippen LogP contribution in [0.5, 0.6) is 0 Å². The number of hydrogen-bond acceptors (Lipinski definition) is 2. The third kappa shape index (κ3) is 4.52. The molecule has 0 amide bonds. The highest BCUT2D eigenvalue weighted by Gasteiger charge is 2.32. The summed E-state index contributed by atoms with van der Waals surface area (Å²) < 4.78 is 5.42. The first kappa shape index (κ1) is 13.0. The Morgan fingerprint density at radius 1 is 1.20 bits per heavy atom. The van der Waals surface area contributed by atoms with Gasteiger partial charge in [0.15, 0.2) is 0 Å². The van der Waals surface area contributed by atoms with Crippen molar-refractivity contribution in [1.29, 1.82) is 0 Å². The largest absolute Gasteiger partial charge is 0.382 e. The van der Waals surface area contributed by atoms with Crippen LogP contribution < -0.4 is 5.32 Å². The summed E-state index contributed by atoms with van der Waals surface area (Å²) in [6.45, 7) is 8.40. The van der Waals surface area contributed by atoms with Gasteiger partial charge in [0, 0.05) is 19.8 Å². The zero-order chi connectivity index (χ0) is 11.0. The second kappa shape index (κ2) is 7.24. The van der Waals surface area contributed by atoms with Crippen LogP contribution in [0.25, 0.3) is 0 Å². The summed E-state index contributed by atoms with van der Waals surface area (Å²) >= 11 is 0. The van der Waals surface area contributed by atoms with E-state index >= 15 is 0 Å². The van der Waals surface area contributed by atoms with Gasteiger partial charge < -0.3 is 10.1 Å². The van der Waals surface area contributed by atoms with Crippen LogP contribution in [0.15, 0.2) is 0 Å². The van der Waals surface area contributed by atoms with Crippen molar-refractivity contribution >= 4 is 0 Å². The van der Waals surface area contributed by atoms with Crippen LogP contribution in [0, 0.1) is 5.41 Å². The SMILES string of the molecule is CCNCC1(CCCOCC)CCCC1. The molecule has 0 aromatic carbocycles. The average molecular weight is 213 g/mol. The Bertz CT molecular complexity index is 153. The van der Waals surface area contributed by atoms with Crippen molar-refractivity contribution in [3.8, 4) is 0 Å². The molecule has 0 atom stereocenters. The molecule has 0 bridgehead atoms. The maximum absolute atomic E-state index is 5.42. The van der Waals surface area contributed by atoms with E-state index < -0.39 is 0 Å². The van der Waals surface area contributed by atoms with Crippen LogP contribution in [0.1, 0.15) is 52.4 Å². The Hall–Kier alpha value is -0.0800. The van der Waals surface area contributed by atoms with E-state index in [1.807, 2.05) is 0 Å². The Balaban J connectivity index is 2.23. The Morgan fingerprint density at radius 2 is 1.93 bits per heavy atom. The molecule has 15 heavy (non-hydrogen) atoms. The molecule has 1 saturated carbocycles. The fourth-order valence-electron chi connectivity index (χ4n) is 2.72. The van der Waals surface area contributed by atoms with Gasteiger partial charge in [-0.2, -0.15) is 0 Å². The van der Waals surface area contributed by atoms with Crippen molar-refractivity contribution in [3.05, 3.63) is 0 Å². The lowest BCUT2D eigenvalue weighted by molar-refractivity contribution is 0.127. The molecule has 0 saturated heterocycles. The van der Waals surface area contributed by atoms with Crippen LogP contribution in [-0.2, 0) is 4.74 Å². The minimum Gasteiger partial charge on any atom is -0.382 e. The van der Waals surface area contributed by atoms with Gasteiger partial charge in [-0.05, 0) is 44.6 Å². The lowest BCUT2D eigenvalue weighted by Crippen LogP contribution is -2.32. The molecule has 90 valence electrons. The third-order valence-corrected chi connectivity index (χ3v) is 3.61. The first-order valence-corrected chi connectivity index (χ1v) is 6.61. The molecule has 2 heteroatoms. The summed E-state index contributed by atoms with van der Waals surface area (Å²) in [6.07, 6.45) is 8.29. The predicted octanol–water partition coefficient (Wildman–Crippen LogP) is 2.97. The Labute approximate surface area is 94.8 Å². The van der Waals surface area contributed by atoms with E-state index in [2.05, 4.69) is 19.2 Å². The van der Waals surface area contributed by atoms with Gasteiger partial charge in [0.1, 0.15) is 0 Å². The van der Waals surface area contributed by atoms with Crippen molar-refractivity contribution in [3.63, 3.8) is 0 Å². The van der Waals surface area contributed by atoms with Crippen molar-refractivity contribution < 1.29 is 4.74 Å². The second-order valence-corrected chi connectivity index (χ2v) is 4.79. The van der Waals surface area contributed by atoms with Gasteiger partial charge in [-0.3, -0.25) is 0 Å². The molecule has 0 aromatic rings. The van der Waals surface area contributed by atoms with Gasteiger partial charge in [0.2, 0.25) is 0 Å². The molecule has 0 unspecified atom stereocenters. The van der Waals surface area contributed by atoms with E-state index in [4.69, 9.17) is 4.74 Å². The zero-order valence-corrected chi connectivity index (χ0v) is 10.5. The fourth-order valence-corrected chi connectivity index (χ4v) is 2.72. The number of ether oxygens (including phenoxy) is 1. The first-order chi connectivity index (χ1) is 7.33. The van der Waals surface area contributed by atoms with E-state index in [0.29, 0.717) is 5.41 Å². The van der Waals surface area contributed by atoms with Crippen molar-refractivity contribution in [2.45, 2.75) is 52.4 Å². The van der Waals surface area contributed by atoms with Crippen LogP contribution in [-0.4, -0.2) is 26.3 Å². The van der Waals surface area contributed by atoms with Crippen LogP contribution in [0.4, 0.5) is 0 Å². The molecule has 1 N–H and O–H groups in total. The molecular formula is C13H27NO. The summed E-state index contributed by atoms with van der Waals surface area (Å²) in [7, 11) is 0. The lowest BCUT2D eigenvalue weighted by atomic mass is 9.81. The van der Waals surface area contributed by atoms with Gasteiger partial charge in [0.25, 0.3) is 0 Å². The van der Waals surface area contributed by atoms with Gasteiger partial charge in [0.05, 0.1) is 0 Å². The highest BCUT2D eigenvalue weighted by atomic mass is 16.5. The van der Waals surface area contributed by atoms with Crippen molar-refractivity contribution in [2.24, 2.45) is 5.41 Å². The number of rotatable bonds is 8. The van der Waals surface area contributed by atoms with Crippen molar-refractivity contribution in [2.75, 3.05) is 26.3 Å². The fraction of sp³-hybridized carbons (Fsp3) is 1.00. The molecule has 0 heterocycles. The lowest BCUT2D eigenvalue weighted by Gasteiger charge is -2.29. The molecular weight excluding hydrogens is 186 g/mol. The standard InChI is InChI=1S/C13H27NO/c1-3-14-12-13(8-5-6-9-13)10-7-11-15-4-2/h14H,3-12H2,1-2H3.